The van der Waals surface area contributed by atoms with Crippen LogP contribution in [0.1, 0.15) is 27.2 Å². The van der Waals surface area contributed by atoms with E-state index in [1.807, 2.05) is 6.92 Å². The molecule has 0 aliphatic rings. The summed E-state index contributed by atoms with van der Waals surface area (Å²) >= 11 is 1.20. The van der Waals surface area contributed by atoms with E-state index < -0.39 is 12.1 Å². The molecule has 0 aliphatic carbocycles. The number of para-hydroxylation sites is 1. The Kier molecular flexibility index (Phi) is 6.83. The highest BCUT2D eigenvalue weighted by Crippen LogP contribution is 2.26. The minimum absolute atomic E-state index is 0.157. The molecule has 0 unspecified atom stereocenters. The fourth-order valence-corrected chi connectivity index (χ4v) is 3.51. The third kappa shape index (κ3) is 5.58. The number of hydrogen-bond donors (Lipinski definition) is 4. The van der Waals surface area contributed by atoms with Crippen molar-refractivity contribution in [1.82, 2.24) is 10.3 Å². The predicted octanol–water partition coefficient (Wildman–Crippen LogP) is 3.50. The van der Waals surface area contributed by atoms with E-state index in [1.54, 1.807) is 47.8 Å². The highest BCUT2D eigenvalue weighted by Gasteiger charge is 2.19. The Labute approximate surface area is 182 Å². The number of primary amides is 1. The van der Waals surface area contributed by atoms with Gasteiger partial charge in [-0.2, -0.15) is 0 Å². The molecule has 3 aromatic rings. The van der Waals surface area contributed by atoms with Gasteiger partial charge in [-0.05, 0) is 31.2 Å². The summed E-state index contributed by atoms with van der Waals surface area (Å²) in [6.45, 7) is 2.02. The average molecular weight is 439 g/mol. The van der Waals surface area contributed by atoms with E-state index >= 15 is 0 Å². The molecular formula is C21H21N5O4S. The van der Waals surface area contributed by atoms with Crippen molar-refractivity contribution in [2.45, 2.75) is 13.5 Å². The van der Waals surface area contributed by atoms with E-state index in [0.717, 1.165) is 5.56 Å². The Hall–Kier alpha value is -3.92. The van der Waals surface area contributed by atoms with E-state index in [9.17, 15) is 14.4 Å². The summed E-state index contributed by atoms with van der Waals surface area (Å²) in [6.07, 6.45) is 0. The molecule has 3 rings (SSSR count). The summed E-state index contributed by atoms with van der Waals surface area (Å²) in [7, 11) is 1.50. The Morgan fingerprint density at radius 3 is 2.61 bits per heavy atom. The van der Waals surface area contributed by atoms with Gasteiger partial charge in [-0.1, -0.05) is 23.8 Å². The molecule has 4 amide bonds. The van der Waals surface area contributed by atoms with E-state index in [1.165, 1.54) is 18.4 Å². The fourth-order valence-electron chi connectivity index (χ4n) is 2.81. The first-order valence-electron chi connectivity index (χ1n) is 9.21. The van der Waals surface area contributed by atoms with E-state index in [-0.39, 0.29) is 12.3 Å². The summed E-state index contributed by atoms with van der Waals surface area (Å²) in [4.78, 5) is 40.6. The number of rotatable bonds is 7. The molecular weight excluding hydrogens is 418 g/mol. The topological polar surface area (TPSA) is 135 Å². The number of aromatic nitrogens is 1. The van der Waals surface area contributed by atoms with Crippen molar-refractivity contribution in [3.63, 3.8) is 0 Å². The number of nitrogens with zero attached hydrogens (tertiary/aromatic N) is 1. The molecule has 0 atom stereocenters. The maximum atomic E-state index is 13.2. The van der Waals surface area contributed by atoms with Crippen molar-refractivity contribution in [2.24, 2.45) is 5.73 Å². The molecule has 1 aromatic heterocycles. The minimum Gasteiger partial charge on any atom is -0.496 e. The Morgan fingerprint density at radius 2 is 1.87 bits per heavy atom. The first kappa shape index (κ1) is 21.8. The highest BCUT2D eigenvalue weighted by atomic mass is 32.1. The molecule has 0 saturated carbocycles. The van der Waals surface area contributed by atoms with Gasteiger partial charge in [-0.25, -0.2) is 14.6 Å². The van der Waals surface area contributed by atoms with Gasteiger partial charge in [-0.3, -0.25) is 10.1 Å². The number of methoxy groups -OCH3 is 1. The number of nitrogens with two attached hydrogens (primary N) is 1. The van der Waals surface area contributed by atoms with E-state index in [2.05, 4.69) is 20.9 Å². The number of urea groups is 2. The van der Waals surface area contributed by atoms with Crippen molar-refractivity contribution in [2.75, 3.05) is 17.7 Å². The van der Waals surface area contributed by atoms with Gasteiger partial charge in [0.1, 0.15) is 5.75 Å². The number of amides is 4. The zero-order valence-electron chi connectivity index (χ0n) is 16.9. The van der Waals surface area contributed by atoms with E-state index in [4.69, 9.17) is 10.5 Å². The van der Waals surface area contributed by atoms with Crippen LogP contribution in [0.4, 0.5) is 20.4 Å². The maximum absolute atomic E-state index is 13.2. The number of anilines is 2. The molecule has 5 N–H and O–H groups in total. The number of thiazole rings is 1. The zero-order valence-corrected chi connectivity index (χ0v) is 17.7. The van der Waals surface area contributed by atoms with Gasteiger partial charge < -0.3 is 21.1 Å². The Balaban J connectivity index is 1.77. The SMILES string of the molecule is COc1ccccc1C(=O)c1cc(C)ccc1NC(=O)Nc1nc(CNC(N)=O)cs1. The molecule has 2 aromatic carbocycles. The molecule has 31 heavy (non-hydrogen) atoms. The third-order valence-electron chi connectivity index (χ3n) is 4.24. The monoisotopic (exact) mass is 439 g/mol. The van der Waals surface area contributed by atoms with Crippen LogP contribution in [0.2, 0.25) is 0 Å². The summed E-state index contributed by atoms with van der Waals surface area (Å²) < 4.78 is 5.29. The molecule has 0 fully saturated rings. The third-order valence-corrected chi connectivity index (χ3v) is 5.04. The Bertz CT molecular complexity index is 1130. The quantitative estimate of drug-likeness (QED) is 0.418. The van der Waals surface area contributed by atoms with Crippen LogP contribution in [0.3, 0.4) is 0 Å². The standard InChI is InChI=1S/C21H21N5O4S/c1-12-7-8-16(15(9-12)18(27)14-5-3-4-6-17(14)30-2)25-20(29)26-21-24-13(11-31-21)10-23-19(22)28/h3-9,11H,10H2,1-2H3,(H3,22,23,28)(H2,24,25,26,29). The smallest absolute Gasteiger partial charge is 0.325 e. The summed E-state index contributed by atoms with van der Waals surface area (Å²) in [5, 5.41) is 9.77. The van der Waals surface area contributed by atoms with Crippen LogP contribution in [-0.2, 0) is 6.54 Å². The maximum Gasteiger partial charge on any atom is 0.325 e. The van der Waals surface area contributed by atoms with Crippen LogP contribution in [0.5, 0.6) is 5.75 Å². The number of carbonyl (C=O) groups is 3. The lowest BCUT2D eigenvalue weighted by Gasteiger charge is -2.13. The van der Waals surface area contributed by atoms with Gasteiger partial charge in [0, 0.05) is 10.9 Å². The molecule has 10 heteroatoms. The lowest BCUT2D eigenvalue weighted by Crippen LogP contribution is -2.28. The van der Waals surface area contributed by atoms with Crippen LogP contribution in [0.15, 0.2) is 47.8 Å². The summed E-state index contributed by atoms with van der Waals surface area (Å²) in [5.41, 5.74) is 7.55. The fraction of sp³-hybridized carbons (Fsp3) is 0.143. The molecule has 1 heterocycles. The van der Waals surface area contributed by atoms with Gasteiger partial charge in [0.2, 0.25) is 0 Å². The van der Waals surface area contributed by atoms with Gasteiger partial charge >= 0.3 is 12.1 Å². The number of carbonyl (C=O) groups excluding carboxylic acids is 3. The van der Waals surface area contributed by atoms with Crippen LogP contribution < -0.4 is 26.4 Å². The molecule has 0 bridgehead atoms. The first-order valence-corrected chi connectivity index (χ1v) is 10.1. The Morgan fingerprint density at radius 1 is 1.10 bits per heavy atom. The van der Waals surface area contributed by atoms with Crippen molar-refractivity contribution in [3.05, 3.63) is 70.2 Å². The molecule has 160 valence electrons. The highest BCUT2D eigenvalue weighted by molar-refractivity contribution is 7.13. The molecule has 0 saturated heterocycles. The molecule has 0 spiro atoms. The average Bonchev–Trinajstić information content (AvgIpc) is 3.20. The normalized spacial score (nSPS) is 10.3. The number of nitrogens with one attached hydrogen (secondary N) is 3. The van der Waals surface area contributed by atoms with Crippen LogP contribution >= 0.6 is 11.3 Å². The molecule has 0 aliphatic heterocycles. The summed E-state index contributed by atoms with van der Waals surface area (Å²) in [6, 6.07) is 10.9. The molecule has 0 radical (unpaired) electrons. The van der Waals surface area contributed by atoms with Crippen LogP contribution in [0, 0.1) is 6.92 Å². The van der Waals surface area contributed by atoms with E-state index in [0.29, 0.717) is 33.4 Å². The second kappa shape index (κ2) is 9.72. The van der Waals surface area contributed by atoms with Crippen molar-refractivity contribution in [3.8, 4) is 5.75 Å². The van der Waals surface area contributed by atoms with Crippen molar-refractivity contribution in [1.29, 1.82) is 0 Å². The van der Waals surface area contributed by atoms with Gasteiger partial charge in [-0.15, -0.1) is 11.3 Å². The number of benzene rings is 2. The van der Waals surface area contributed by atoms with Crippen molar-refractivity contribution >= 4 is 40.0 Å². The van der Waals surface area contributed by atoms with Gasteiger partial charge in [0.15, 0.2) is 10.9 Å². The summed E-state index contributed by atoms with van der Waals surface area (Å²) in [5.74, 6) is 0.176. The van der Waals surface area contributed by atoms with Crippen LogP contribution in [0.25, 0.3) is 0 Å². The number of hydrogen-bond acceptors (Lipinski definition) is 6. The predicted molar refractivity (Wildman–Crippen MR) is 119 cm³/mol. The zero-order chi connectivity index (χ0) is 22.4. The number of aryl methyl sites for hydroxylation is 1. The van der Waals surface area contributed by atoms with Crippen LogP contribution in [-0.4, -0.2) is 29.9 Å². The van der Waals surface area contributed by atoms with Crippen molar-refractivity contribution < 1.29 is 19.1 Å². The number of ketones is 1. The molecule has 9 nitrogen and oxygen atoms in total. The van der Waals surface area contributed by atoms with Gasteiger partial charge in [0.05, 0.1) is 30.6 Å². The lowest BCUT2D eigenvalue weighted by atomic mass is 9.99. The minimum atomic E-state index is -0.660. The number of ether oxygens (including phenoxy) is 1. The lowest BCUT2D eigenvalue weighted by molar-refractivity contribution is 0.103. The first-order chi connectivity index (χ1) is 14.9. The second-order valence-corrected chi connectivity index (χ2v) is 7.38. The second-order valence-electron chi connectivity index (χ2n) is 6.52. The largest absolute Gasteiger partial charge is 0.496 e. The van der Waals surface area contributed by atoms with Gasteiger partial charge in [0.25, 0.3) is 0 Å².